The minimum Gasteiger partial charge on any atom is -0.248 e. The monoisotopic (exact) mass is 385 g/mol. The van der Waals surface area contributed by atoms with Gasteiger partial charge in [0.2, 0.25) is 0 Å². The van der Waals surface area contributed by atoms with Gasteiger partial charge in [-0.05, 0) is 36.4 Å². The highest BCUT2D eigenvalue weighted by atomic mass is 35.5. The van der Waals surface area contributed by atoms with Crippen molar-refractivity contribution in [2.24, 2.45) is 0 Å². The van der Waals surface area contributed by atoms with E-state index in [0.717, 1.165) is 0 Å². The molecule has 0 amide bonds. The third-order valence-electron chi connectivity index (χ3n) is 3.11. The number of benzene rings is 2. The third kappa shape index (κ3) is 3.96. The zero-order valence-electron chi connectivity index (χ0n) is 11.5. The van der Waals surface area contributed by atoms with E-state index in [4.69, 9.17) is 46.4 Å². The number of halogens is 5. The van der Waals surface area contributed by atoms with Gasteiger partial charge in [0, 0.05) is 43.4 Å². The Balaban J connectivity index is 2.16. The predicted molar refractivity (Wildman–Crippen MR) is 95.1 cm³/mol. The first kappa shape index (κ1) is 16.5. The number of hydrogen-bond acceptors (Lipinski definition) is 1. The minimum absolute atomic E-state index is 0.417. The maximum atomic E-state index is 14.0. The molecule has 0 saturated heterocycles. The molecule has 3 aromatic rings. The first-order valence-electron chi connectivity index (χ1n) is 6.51. The van der Waals surface area contributed by atoms with Crippen molar-refractivity contribution >= 4 is 46.4 Å². The summed E-state index contributed by atoms with van der Waals surface area (Å²) in [5.74, 6) is -0.433. The van der Waals surface area contributed by atoms with E-state index >= 15 is 0 Å². The molecule has 0 spiro atoms. The Hall–Kier alpha value is -1.32. The molecule has 1 aromatic heterocycles. The van der Waals surface area contributed by atoms with Crippen LogP contribution in [0.1, 0.15) is 0 Å². The summed E-state index contributed by atoms with van der Waals surface area (Å²) >= 11 is 24.0. The predicted octanol–water partition coefficient (Wildman–Crippen LogP) is 7.17. The van der Waals surface area contributed by atoms with E-state index < -0.39 is 5.82 Å². The van der Waals surface area contributed by atoms with E-state index in [1.807, 2.05) is 0 Å². The van der Waals surface area contributed by atoms with Gasteiger partial charge >= 0.3 is 0 Å². The van der Waals surface area contributed by atoms with Crippen molar-refractivity contribution in [1.29, 1.82) is 0 Å². The Kier molecular flexibility index (Phi) is 4.79. The Morgan fingerprint density at radius 3 is 1.26 bits per heavy atom. The standard InChI is InChI=1S/C17H8Cl4FN/c18-11-1-9(2-12(19)5-11)16-7-15(22)8-17(23-16)10-3-13(20)6-14(21)4-10/h1-8H. The first-order valence-corrected chi connectivity index (χ1v) is 8.02. The fraction of sp³-hybridized carbons (Fsp3) is 0. The molecule has 0 unspecified atom stereocenters. The highest BCUT2D eigenvalue weighted by Crippen LogP contribution is 2.31. The molecule has 0 aliphatic rings. The van der Waals surface area contributed by atoms with E-state index in [1.165, 1.54) is 12.1 Å². The van der Waals surface area contributed by atoms with Gasteiger partial charge in [-0.15, -0.1) is 0 Å². The number of nitrogens with zero attached hydrogens (tertiary/aromatic N) is 1. The summed E-state index contributed by atoms with van der Waals surface area (Å²) in [7, 11) is 0. The first-order chi connectivity index (χ1) is 10.9. The molecule has 0 atom stereocenters. The Morgan fingerprint density at radius 1 is 0.565 bits per heavy atom. The van der Waals surface area contributed by atoms with E-state index in [0.29, 0.717) is 42.6 Å². The molecule has 0 N–H and O–H groups in total. The maximum Gasteiger partial charge on any atom is 0.127 e. The van der Waals surface area contributed by atoms with E-state index in [2.05, 4.69) is 4.98 Å². The lowest BCUT2D eigenvalue weighted by Gasteiger charge is -2.08. The van der Waals surface area contributed by atoms with Crippen LogP contribution >= 0.6 is 46.4 Å². The van der Waals surface area contributed by atoms with E-state index in [1.54, 1.807) is 36.4 Å². The van der Waals surface area contributed by atoms with Crippen LogP contribution in [0, 0.1) is 5.82 Å². The topological polar surface area (TPSA) is 12.9 Å². The summed E-state index contributed by atoms with van der Waals surface area (Å²) < 4.78 is 14.0. The summed E-state index contributed by atoms with van der Waals surface area (Å²) in [4.78, 5) is 4.46. The molecule has 6 heteroatoms. The van der Waals surface area contributed by atoms with Gasteiger partial charge in [0.05, 0.1) is 11.4 Å². The lowest BCUT2D eigenvalue weighted by atomic mass is 10.1. The van der Waals surface area contributed by atoms with Crippen LogP contribution in [-0.4, -0.2) is 4.98 Å². The summed E-state index contributed by atoms with van der Waals surface area (Å²) in [6, 6.07) is 12.5. The SMILES string of the molecule is Fc1cc(-c2cc(Cl)cc(Cl)c2)nc(-c2cc(Cl)cc(Cl)c2)c1. The molecule has 116 valence electrons. The number of rotatable bonds is 2. The smallest absolute Gasteiger partial charge is 0.127 e. The quantitative estimate of drug-likeness (QED) is 0.454. The van der Waals surface area contributed by atoms with Crippen LogP contribution in [0.4, 0.5) is 4.39 Å². The van der Waals surface area contributed by atoms with Crippen molar-refractivity contribution in [3.8, 4) is 22.5 Å². The molecule has 0 saturated carbocycles. The Morgan fingerprint density at radius 2 is 0.913 bits per heavy atom. The van der Waals surface area contributed by atoms with Crippen LogP contribution in [0.25, 0.3) is 22.5 Å². The van der Waals surface area contributed by atoms with Crippen molar-refractivity contribution in [3.63, 3.8) is 0 Å². The summed E-state index contributed by atoms with van der Waals surface area (Å²) in [5.41, 5.74) is 2.08. The van der Waals surface area contributed by atoms with Gasteiger partial charge in [0.25, 0.3) is 0 Å². The molecule has 0 radical (unpaired) electrons. The van der Waals surface area contributed by atoms with Crippen LogP contribution < -0.4 is 0 Å². The molecule has 0 aliphatic heterocycles. The second kappa shape index (κ2) is 6.66. The average molecular weight is 387 g/mol. The van der Waals surface area contributed by atoms with Gasteiger partial charge in [-0.25, -0.2) is 9.37 Å². The lowest BCUT2D eigenvalue weighted by Crippen LogP contribution is -1.91. The highest BCUT2D eigenvalue weighted by Gasteiger charge is 2.10. The van der Waals surface area contributed by atoms with Gasteiger partial charge < -0.3 is 0 Å². The Bertz CT molecular complexity index is 786. The van der Waals surface area contributed by atoms with Crippen LogP contribution in [0.15, 0.2) is 48.5 Å². The molecule has 0 fully saturated rings. The molecule has 0 aliphatic carbocycles. The van der Waals surface area contributed by atoms with E-state index in [-0.39, 0.29) is 0 Å². The Labute approximate surface area is 152 Å². The van der Waals surface area contributed by atoms with Crippen molar-refractivity contribution in [2.75, 3.05) is 0 Å². The lowest BCUT2D eigenvalue weighted by molar-refractivity contribution is 0.627. The average Bonchev–Trinajstić information content (AvgIpc) is 2.44. The normalized spacial score (nSPS) is 10.8. The van der Waals surface area contributed by atoms with Crippen LogP contribution in [0.2, 0.25) is 20.1 Å². The molecule has 0 bridgehead atoms. The van der Waals surface area contributed by atoms with Gasteiger partial charge in [0.15, 0.2) is 0 Å². The molecule has 23 heavy (non-hydrogen) atoms. The number of aromatic nitrogens is 1. The summed E-state index contributed by atoms with van der Waals surface area (Å²) in [6.07, 6.45) is 0. The van der Waals surface area contributed by atoms with Gasteiger partial charge in [-0.3, -0.25) is 0 Å². The molecular weight excluding hydrogens is 379 g/mol. The molecule has 3 rings (SSSR count). The van der Waals surface area contributed by atoms with Crippen LogP contribution in [-0.2, 0) is 0 Å². The van der Waals surface area contributed by atoms with Crippen molar-refractivity contribution in [2.45, 2.75) is 0 Å². The summed E-state index contributed by atoms with van der Waals surface area (Å²) in [5, 5.41) is 1.80. The fourth-order valence-corrected chi connectivity index (χ4v) is 3.25. The second-order valence-electron chi connectivity index (χ2n) is 4.87. The van der Waals surface area contributed by atoms with Crippen LogP contribution in [0.5, 0.6) is 0 Å². The molecule has 1 heterocycles. The second-order valence-corrected chi connectivity index (χ2v) is 6.62. The highest BCUT2D eigenvalue weighted by molar-refractivity contribution is 6.35. The largest absolute Gasteiger partial charge is 0.248 e. The van der Waals surface area contributed by atoms with Crippen molar-refractivity contribution < 1.29 is 4.39 Å². The molecule has 2 aromatic carbocycles. The van der Waals surface area contributed by atoms with E-state index in [9.17, 15) is 4.39 Å². The van der Waals surface area contributed by atoms with Crippen molar-refractivity contribution in [3.05, 3.63) is 74.4 Å². The molecule has 1 nitrogen and oxygen atoms in total. The van der Waals surface area contributed by atoms with Gasteiger partial charge in [-0.2, -0.15) is 0 Å². The maximum absolute atomic E-state index is 14.0. The minimum atomic E-state index is -0.433. The summed E-state index contributed by atoms with van der Waals surface area (Å²) in [6.45, 7) is 0. The van der Waals surface area contributed by atoms with Crippen molar-refractivity contribution in [1.82, 2.24) is 4.98 Å². The number of pyridine rings is 1. The van der Waals surface area contributed by atoms with Gasteiger partial charge in [-0.1, -0.05) is 46.4 Å². The number of hydrogen-bond donors (Lipinski definition) is 0. The van der Waals surface area contributed by atoms with Crippen LogP contribution in [0.3, 0.4) is 0 Å². The fourth-order valence-electron chi connectivity index (χ4n) is 2.20. The zero-order valence-corrected chi connectivity index (χ0v) is 14.5. The molecular formula is C17H8Cl4FN. The van der Waals surface area contributed by atoms with Gasteiger partial charge in [0.1, 0.15) is 5.82 Å². The third-order valence-corrected chi connectivity index (χ3v) is 3.98. The zero-order chi connectivity index (χ0) is 16.6.